The standard InChI is InChI=1S/C13H19N3O2/c1-14-12(17)9-16(3)13(18)10-15(2)11-7-5-4-6-8-11/h4-8H,9-10H2,1-3H3,(H,14,17). The maximum Gasteiger partial charge on any atom is 0.242 e. The van der Waals surface area contributed by atoms with Gasteiger partial charge in [-0.3, -0.25) is 9.59 Å². The van der Waals surface area contributed by atoms with Crippen LogP contribution in [0.1, 0.15) is 0 Å². The first-order valence-electron chi connectivity index (χ1n) is 5.75. The van der Waals surface area contributed by atoms with Crippen LogP contribution in [0.15, 0.2) is 30.3 Å². The molecule has 0 radical (unpaired) electrons. The normalized spacial score (nSPS) is 9.72. The zero-order chi connectivity index (χ0) is 13.5. The molecule has 0 atom stereocenters. The molecule has 1 rings (SSSR count). The largest absolute Gasteiger partial charge is 0.365 e. The second-order valence-electron chi connectivity index (χ2n) is 4.11. The highest BCUT2D eigenvalue weighted by Gasteiger charge is 2.14. The fraction of sp³-hybridized carbons (Fsp3) is 0.385. The minimum atomic E-state index is -0.173. The molecule has 1 aromatic rings. The topological polar surface area (TPSA) is 52.7 Å². The lowest BCUT2D eigenvalue weighted by atomic mass is 10.3. The highest BCUT2D eigenvalue weighted by molar-refractivity contribution is 5.86. The number of amides is 2. The summed E-state index contributed by atoms with van der Waals surface area (Å²) in [5.41, 5.74) is 0.971. The summed E-state index contributed by atoms with van der Waals surface area (Å²) in [5, 5.41) is 2.49. The first kappa shape index (κ1) is 14.0. The molecule has 0 aromatic heterocycles. The molecule has 1 N–H and O–H groups in total. The van der Waals surface area contributed by atoms with Gasteiger partial charge in [0.2, 0.25) is 11.8 Å². The Morgan fingerprint density at radius 3 is 2.28 bits per heavy atom. The predicted molar refractivity (Wildman–Crippen MR) is 71.4 cm³/mol. The Morgan fingerprint density at radius 1 is 1.11 bits per heavy atom. The van der Waals surface area contributed by atoms with Crippen molar-refractivity contribution >= 4 is 17.5 Å². The second-order valence-corrected chi connectivity index (χ2v) is 4.11. The van der Waals surface area contributed by atoms with E-state index in [4.69, 9.17) is 0 Å². The molecular weight excluding hydrogens is 230 g/mol. The van der Waals surface area contributed by atoms with Gasteiger partial charge in [0.15, 0.2) is 0 Å². The van der Waals surface area contributed by atoms with Crippen LogP contribution >= 0.6 is 0 Å². The van der Waals surface area contributed by atoms with Crippen molar-refractivity contribution < 1.29 is 9.59 Å². The first-order chi connectivity index (χ1) is 8.54. The molecule has 0 unspecified atom stereocenters. The summed E-state index contributed by atoms with van der Waals surface area (Å²) in [6, 6.07) is 9.64. The number of para-hydroxylation sites is 1. The average molecular weight is 249 g/mol. The number of rotatable bonds is 5. The number of nitrogens with one attached hydrogen (secondary N) is 1. The van der Waals surface area contributed by atoms with Gasteiger partial charge in [0.1, 0.15) is 0 Å². The van der Waals surface area contributed by atoms with E-state index in [-0.39, 0.29) is 24.9 Å². The molecule has 5 heteroatoms. The van der Waals surface area contributed by atoms with E-state index in [9.17, 15) is 9.59 Å². The van der Waals surface area contributed by atoms with Crippen LogP contribution in [-0.2, 0) is 9.59 Å². The van der Waals surface area contributed by atoms with Crippen molar-refractivity contribution in [1.82, 2.24) is 10.2 Å². The molecule has 5 nitrogen and oxygen atoms in total. The number of carbonyl (C=O) groups is 2. The maximum atomic E-state index is 11.9. The summed E-state index contributed by atoms with van der Waals surface area (Å²) in [6.45, 7) is 0.329. The highest BCUT2D eigenvalue weighted by atomic mass is 16.2. The number of benzene rings is 1. The van der Waals surface area contributed by atoms with Crippen LogP contribution < -0.4 is 10.2 Å². The van der Waals surface area contributed by atoms with Crippen molar-refractivity contribution in [1.29, 1.82) is 0 Å². The van der Waals surface area contributed by atoms with Gasteiger partial charge in [-0.25, -0.2) is 0 Å². The molecule has 0 saturated carbocycles. The Labute approximate surface area is 107 Å². The summed E-state index contributed by atoms with van der Waals surface area (Å²) in [4.78, 5) is 26.3. The second kappa shape index (κ2) is 6.64. The molecule has 0 aliphatic carbocycles. The molecule has 2 amide bonds. The molecular formula is C13H19N3O2. The predicted octanol–water partition coefficient (Wildman–Crippen LogP) is 0.327. The molecule has 0 aliphatic heterocycles. The maximum absolute atomic E-state index is 11.9. The minimum absolute atomic E-state index is 0.0813. The monoisotopic (exact) mass is 249 g/mol. The van der Waals surface area contributed by atoms with Gasteiger partial charge in [-0.15, -0.1) is 0 Å². The molecule has 0 spiro atoms. The van der Waals surface area contributed by atoms with Gasteiger partial charge in [-0.05, 0) is 12.1 Å². The molecule has 98 valence electrons. The van der Waals surface area contributed by atoms with Crippen molar-refractivity contribution in [3.05, 3.63) is 30.3 Å². The lowest BCUT2D eigenvalue weighted by Gasteiger charge is -2.22. The van der Waals surface area contributed by atoms with E-state index in [2.05, 4.69) is 5.32 Å². The molecule has 0 bridgehead atoms. The smallest absolute Gasteiger partial charge is 0.242 e. The Kier molecular flexibility index (Phi) is 5.17. The third-order valence-electron chi connectivity index (χ3n) is 2.65. The van der Waals surface area contributed by atoms with Crippen LogP contribution in [-0.4, -0.2) is 50.9 Å². The quantitative estimate of drug-likeness (QED) is 0.818. The van der Waals surface area contributed by atoms with E-state index in [0.29, 0.717) is 0 Å². The number of hydrogen-bond donors (Lipinski definition) is 1. The van der Waals surface area contributed by atoms with Gasteiger partial charge in [-0.2, -0.15) is 0 Å². The van der Waals surface area contributed by atoms with Crippen LogP contribution in [0.3, 0.4) is 0 Å². The highest BCUT2D eigenvalue weighted by Crippen LogP contribution is 2.10. The fourth-order valence-electron chi connectivity index (χ4n) is 1.48. The zero-order valence-corrected chi connectivity index (χ0v) is 11.0. The zero-order valence-electron chi connectivity index (χ0n) is 11.0. The van der Waals surface area contributed by atoms with Crippen LogP contribution in [0.2, 0.25) is 0 Å². The first-order valence-corrected chi connectivity index (χ1v) is 5.75. The minimum Gasteiger partial charge on any atom is -0.365 e. The van der Waals surface area contributed by atoms with Gasteiger partial charge < -0.3 is 15.1 Å². The Morgan fingerprint density at radius 2 is 1.72 bits per heavy atom. The van der Waals surface area contributed by atoms with Crippen molar-refractivity contribution in [2.24, 2.45) is 0 Å². The molecule has 0 fully saturated rings. The third kappa shape index (κ3) is 4.08. The molecule has 1 aromatic carbocycles. The SMILES string of the molecule is CNC(=O)CN(C)C(=O)CN(C)c1ccccc1. The van der Waals surface area contributed by atoms with Crippen molar-refractivity contribution in [3.63, 3.8) is 0 Å². The number of nitrogens with zero attached hydrogens (tertiary/aromatic N) is 2. The summed E-state index contributed by atoms with van der Waals surface area (Å²) in [6.07, 6.45) is 0. The van der Waals surface area contributed by atoms with Crippen LogP contribution in [0.4, 0.5) is 5.69 Å². The Bertz CT molecular complexity index is 406. The van der Waals surface area contributed by atoms with Crippen LogP contribution in [0.25, 0.3) is 0 Å². The van der Waals surface area contributed by atoms with Gasteiger partial charge in [0, 0.05) is 26.8 Å². The van der Waals surface area contributed by atoms with Gasteiger partial charge >= 0.3 is 0 Å². The lowest BCUT2D eigenvalue weighted by Crippen LogP contribution is -2.41. The van der Waals surface area contributed by atoms with Crippen LogP contribution in [0, 0.1) is 0 Å². The van der Waals surface area contributed by atoms with E-state index in [1.165, 1.54) is 4.90 Å². The number of hydrogen-bond acceptors (Lipinski definition) is 3. The van der Waals surface area contributed by atoms with Gasteiger partial charge in [0.25, 0.3) is 0 Å². The van der Waals surface area contributed by atoms with Crippen LogP contribution in [0.5, 0.6) is 0 Å². The van der Waals surface area contributed by atoms with Gasteiger partial charge in [0.05, 0.1) is 13.1 Å². The van der Waals surface area contributed by atoms with Crippen molar-refractivity contribution in [3.8, 4) is 0 Å². The molecule has 0 heterocycles. The molecule has 0 saturated heterocycles. The summed E-state index contributed by atoms with van der Waals surface area (Å²) in [5.74, 6) is -0.266. The summed E-state index contributed by atoms with van der Waals surface area (Å²) >= 11 is 0. The Hall–Kier alpha value is -2.04. The fourth-order valence-corrected chi connectivity index (χ4v) is 1.48. The summed E-state index contributed by atoms with van der Waals surface area (Å²) in [7, 11) is 5.02. The van der Waals surface area contributed by atoms with E-state index in [0.717, 1.165) is 5.69 Å². The van der Waals surface area contributed by atoms with Crippen molar-refractivity contribution in [2.45, 2.75) is 0 Å². The van der Waals surface area contributed by atoms with Crippen molar-refractivity contribution in [2.75, 3.05) is 39.1 Å². The number of likely N-dealkylation sites (N-methyl/N-ethyl adjacent to an activating group) is 3. The number of anilines is 1. The average Bonchev–Trinajstić information content (AvgIpc) is 2.39. The Balaban J connectivity index is 2.52. The van der Waals surface area contributed by atoms with E-state index >= 15 is 0 Å². The number of carbonyl (C=O) groups excluding carboxylic acids is 2. The molecule has 18 heavy (non-hydrogen) atoms. The third-order valence-corrected chi connectivity index (χ3v) is 2.65. The van der Waals surface area contributed by atoms with E-state index in [1.54, 1.807) is 14.1 Å². The molecule has 0 aliphatic rings. The van der Waals surface area contributed by atoms with E-state index in [1.807, 2.05) is 42.3 Å². The lowest BCUT2D eigenvalue weighted by molar-refractivity contribution is -0.133. The van der Waals surface area contributed by atoms with E-state index < -0.39 is 0 Å². The van der Waals surface area contributed by atoms with Gasteiger partial charge in [-0.1, -0.05) is 18.2 Å². The summed E-state index contributed by atoms with van der Waals surface area (Å²) < 4.78 is 0.